The molecule has 0 unspecified atom stereocenters. The van der Waals surface area contributed by atoms with E-state index in [9.17, 15) is 9.59 Å². The van der Waals surface area contributed by atoms with Crippen LogP contribution in [0.1, 0.15) is 16.2 Å². The summed E-state index contributed by atoms with van der Waals surface area (Å²) in [6.45, 7) is 1.18. The van der Waals surface area contributed by atoms with E-state index in [1.807, 2.05) is 60.7 Å². The third kappa shape index (κ3) is 4.99. The first kappa shape index (κ1) is 20.8. The molecule has 4 rings (SSSR count). The van der Waals surface area contributed by atoms with Crippen molar-refractivity contribution in [3.8, 4) is 17.2 Å². The van der Waals surface area contributed by atoms with Gasteiger partial charge in [-0.25, -0.2) is 4.79 Å². The van der Waals surface area contributed by atoms with Crippen LogP contribution in [0.4, 0.5) is 5.69 Å². The Morgan fingerprint density at radius 1 is 0.875 bits per heavy atom. The lowest BCUT2D eigenvalue weighted by Crippen LogP contribution is -2.21. The van der Waals surface area contributed by atoms with Gasteiger partial charge in [-0.2, -0.15) is 9.90 Å². The second-order valence-corrected chi connectivity index (χ2v) is 6.79. The van der Waals surface area contributed by atoms with E-state index in [-0.39, 0.29) is 5.69 Å². The number of hydrogen-bond acceptors (Lipinski definition) is 6. The molecule has 0 spiro atoms. The molecule has 0 saturated carbocycles. The fraction of sp³-hybridized carbons (Fsp3) is 0.0833. The normalized spacial score (nSPS) is 10.4. The fourth-order valence-electron chi connectivity index (χ4n) is 2.90. The number of anilines is 1. The number of aromatic nitrogens is 3. The largest absolute Gasteiger partial charge is 0.455 e. The van der Waals surface area contributed by atoms with E-state index in [1.54, 1.807) is 31.2 Å². The van der Waals surface area contributed by atoms with Crippen LogP contribution in [0.3, 0.4) is 0 Å². The van der Waals surface area contributed by atoms with E-state index in [1.165, 1.54) is 4.80 Å². The summed E-state index contributed by atoms with van der Waals surface area (Å²) in [7, 11) is 0. The minimum atomic E-state index is -0.728. The van der Waals surface area contributed by atoms with Gasteiger partial charge in [0.2, 0.25) is 0 Å². The van der Waals surface area contributed by atoms with Crippen LogP contribution < -0.4 is 10.1 Å². The summed E-state index contributed by atoms with van der Waals surface area (Å²) in [6, 6.07) is 25.4. The predicted octanol–water partition coefficient (Wildman–Crippen LogP) is 4.16. The molecule has 1 amide bonds. The summed E-state index contributed by atoms with van der Waals surface area (Å²) in [5.74, 6) is -0.123. The highest BCUT2D eigenvalue weighted by molar-refractivity contribution is 5.96. The molecule has 8 heteroatoms. The summed E-state index contributed by atoms with van der Waals surface area (Å²) < 4.78 is 11.0. The summed E-state index contributed by atoms with van der Waals surface area (Å²) in [6.07, 6.45) is 0. The van der Waals surface area contributed by atoms with E-state index < -0.39 is 18.5 Å². The maximum absolute atomic E-state index is 12.4. The van der Waals surface area contributed by atoms with Crippen LogP contribution in [0, 0.1) is 6.92 Å². The van der Waals surface area contributed by atoms with E-state index in [4.69, 9.17) is 9.47 Å². The van der Waals surface area contributed by atoms with Crippen LogP contribution in [-0.2, 0) is 9.53 Å². The molecule has 0 saturated heterocycles. The molecule has 0 aliphatic rings. The molecular weight excluding hydrogens is 408 g/mol. The molecule has 0 aliphatic heterocycles. The van der Waals surface area contributed by atoms with Gasteiger partial charge in [-0.1, -0.05) is 48.5 Å². The fourth-order valence-corrected chi connectivity index (χ4v) is 2.90. The lowest BCUT2D eigenvalue weighted by molar-refractivity contribution is -0.119. The van der Waals surface area contributed by atoms with Gasteiger partial charge in [0, 0.05) is 0 Å². The van der Waals surface area contributed by atoms with E-state index in [0.29, 0.717) is 28.6 Å². The Morgan fingerprint density at radius 2 is 1.53 bits per heavy atom. The predicted molar refractivity (Wildman–Crippen MR) is 118 cm³/mol. The van der Waals surface area contributed by atoms with Crippen molar-refractivity contribution in [2.75, 3.05) is 11.9 Å². The van der Waals surface area contributed by atoms with Crippen LogP contribution >= 0.6 is 0 Å². The number of hydrogen-bond donors (Lipinski definition) is 1. The van der Waals surface area contributed by atoms with Gasteiger partial charge in [0.25, 0.3) is 5.91 Å². The van der Waals surface area contributed by atoms with Gasteiger partial charge in [0.15, 0.2) is 18.1 Å². The summed E-state index contributed by atoms with van der Waals surface area (Å²) >= 11 is 0. The van der Waals surface area contributed by atoms with Crippen molar-refractivity contribution in [3.05, 3.63) is 96.3 Å². The molecule has 8 nitrogen and oxygen atoms in total. The van der Waals surface area contributed by atoms with E-state index in [2.05, 4.69) is 15.5 Å². The molecule has 0 fully saturated rings. The number of amides is 1. The van der Waals surface area contributed by atoms with Gasteiger partial charge in [0.1, 0.15) is 5.75 Å². The number of aryl methyl sites for hydroxylation is 1. The van der Waals surface area contributed by atoms with Gasteiger partial charge in [-0.05, 0) is 43.3 Å². The summed E-state index contributed by atoms with van der Waals surface area (Å²) in [4.78, 5) is 26.2. The van der Waals surface area contributed by atoms with Crippen molar-refractivity contribution in [2.24, 2.45) is 0 Å². The van der Waals surface area contributed by atoms with Crippen molar-refractivity contribution in [1.29, 1.82) is 0 Å². The maximum Gasteiger partial charge on any atom is 0.361 e. The van der Waals surface area contributed by atoms with Crippen LogP contribution in [-0.4, -0.2) is 33.5 Å². The highest BCUT2D eigenvalue weighted by Gasteiger charge is 2.19. The first-order chi connectivity index (χ1) is 15.6. The Balaban J connectivity index is 1.38. The SMILES string of the molecule is Cc1nn(-c2ccccc2)nc1C(=O)OCC(=O)Nc1ccccc1Oc1ccccc1. The lowest BCUT2D eigenvalue weighted by Gasteiger charge is -2.12. The second-order valence-electron chi connectivity index (χ2n) is 6.79. The van der Waals surface area contributed by atoms with Crippen molar-refractivity contribution < 1.29 is 19.1 Å². The molecular formula is C24H20N4O4. The van der Waals surface area contributed by atoms with Gasteiger partial charge >= 0.3 is 5.97 Å². The molecule has 3 aromatic carbocycles. The van der Waals surface area contributed by atoms with Crippen molar-refractivity contribution in [3.63, 3.8) is 0 Å². The number of carbonyl (C=O) groups is 2. The Kier molecular flexibility index (Phi) is 6.22. The maximum atomic E-state index is 12.4. The third-order valence-corrected chi connectivity index (χ3v) is 4.43. The molecule has 0 bridgehead atoms. The Hall–Kier alpha value is -4.46. The first-order valence-electron chi connectivity index (χ1n) is 9.88. The number of para-hydroxylation sites is 4. The van der Waals surface area contributed by atoms with Crippen molar-refractivity contribution in [2.45, 2.75) is 6.92 Å². The zero-order valence-corrected chi connectivity index (χ0v) is 17.3. The van der Waals surface area contributed by atoms with E-state index >= 15 is 0 Å². The lowest BCUT2D eigenvalue weighted by atomic mass is 10.3. The van der Waals surface area contributed by atoms with Gasteiger partial charge in [-0.3, -0.25) is 4.79 Å². The smallest absolute Gasteiger partial charge is 0.361 e. The van der Waals surface area contributed by atoms with Crippen LogP contribution in [0.5, 0.6) is 11.5 Å². The molecule has 4 aromatic rings. The van der Waals surface area contributed by atoms with Crippen molar-refractivity contribution in [1.82, 2.24) is 15.0 Å². The summed E-state index contributed by atoms with van der Waals surface area (Å²) in [5.41, 5.74) is 1.63. The standard InChI is InChI=1S/C24H20N4O4/c1-17-23(27-28(26-17)18-10-4-2-5-11-18)24(30)31-16-22(29)25-20-14-8-9-15-21(20)32-19-12-6-3-7-13-19/h2-15H,16H2,1H3,(H,25,29). The highest BCUT2D eigenvalue weighted by atomic mass is 16.5. The zero-order chi connectivity index (χ0) is 22.3. The first-order valence-corrected chi connectivity index (χ1v) is 9.88. The van der Waals surface area contributed by atoms with Crippen LogP contribution in [0.15, 0.2) is 84.9 Å². The molecule has 32 heavy (non-hydrogen) atoms. The van der Waals surface area contributed by atoms with Gasteiger partial charge < -0.3 is 14.8 Å². The molecule has 1 aromatic heterocycles. The number of ether oxygens (including phenoxy) is 2. The monoisotopic (exact) mass is 428 g/mol. The summed E-state index contributed by atoms with van der Waals surface area (Å²) in [5, 5.41) is 11.1. The Labute approximate surface area is 184 Å². The Morgan fingerprint density at radius 3 is 2.28 bits per heavy atom. The quantitative estimate of drug-likeness (QED) is 0.444. The molecule has 160 valence electrons. The minimum absolute atomic E-state index is 0.0504. The minimum Gasteiger partial charge on any atom is -0.455 e. The van der Waals surface area contributed by atoms with Crippen molar-refractivity contribution >= 4 is 17.6 Å². The molecule has 0 aliphatic carbocycles. The average Bonchev–Trinajstić information content (AvgIpc) is 3.22. The average molecular weight is 428 g/mol. The topological polar surface area (TPSA) is 95.3 Å². The number of nitrogens with zero attached hydrogens (tertiary/aromatic N) is 3. The number of nitrogens with one attached hydrogen (secondary N) is 1. The third-order valence-electron chi connectivity index (χ3n) is 4.43. The zero-order valence-electron chi connectivity index (χ0n) is 17.3. The number of carbonyl (C=O) groups excluding carboxylic acids is 2. The number of esters is 1. The molecule has 0 radical (unpaired) electrons. The molecule has 1 heterocycles. The van der Waals surface area contributed by atoms with Gasteiger partial charge in [-0.15, -0.1) is 5.10 Å². The molecule has 0 atom stereocenters. The Bertz CT molecular complexity index is 1220. The van der Waals surface area contributed by atoms with Gasteiger partial charge in [0.05, 0.1) is 17.1 Å². The van der Waals surface area contributed by atoms with Crippen LogP contribution in [0.25, 0.3) is 5.69 Å². The molecule has 1 N–H and O–H groups in total. The van der Waals surface area contributed by atoms with Crippen LogP contribution in [0.2, 0.25) is 0 Å². The second kappa shape index (κ2) is 9.57. The number of rotatable bonds is 7. The van der Waals surface area contributed by atoms with E-state index in [0.717, 1.165) is 0 Å². The number of benzene rings is 3. The highest BCUT2D eigenvalue weighted by Crippen LogP contribution is 2.29.